The molecule has 1 amide bonds. The van der Waals surface area contributed by atoms with Crippen LogP contribution in [-0.2, 0) is 11.0 Å². The fraction of sp³-hybridized carbons (Fsp3) is 0.160. The predicted molar refractivity (Wildman–Crippen MR) is 120 cm³/mol. The number of benzene rings is 3. The summed E-state index contributed by atoms with van der Waals surface area (Å²) in [5.74, 6) is -1.78. The van der Waals surface area contributed by atoms with Gasteiger partial charge < -0.3 is 14.8 Å². The minimum absolute atomic E-state index is 0.0833. The Balaban J connectivity index is 1.64. The van der Waals surface area contributed by atoms with E-state index in [0.717, 1.165) is 65.6 Å². The first-order valence-electron chi connectivity index (χ1n) is 10.8. The summed E-state index contributed by atoms with van der Waals surface area (Å²) in [6, 6.07) is 11.6. The van der Waals surface area contributed by atoms with Crippen LogP contribution in [0, 0.1) is 0 Å². The lowest BCUT2D eigenvalue weighted by molar-refractivity contribution is -0.275. The SMILES string of the molecule is O=C1C(Nc2ccc(OC(F)(F)F)cc2)=C[C@H](c2ccc(C(F)(F)F)cc2)N1c1ccc(OC(F)(F)F)cc1. The van der Waals surface area contributed by atoms with Crippen LogP contribution in [0.15, 0.2) is 84.6 Å². The molecule has 14 heteroatoms. The van der Waals surface area contributed by atoms with Gasteiger partial charge in [-0.05, 0) is 72.3 Å². The van der Waals surface area contributed by atoms with E-state index in [4.69, 9.17) is 0 Å². The molecule has 1 aliphatic rings. The summed E-state index contributed by atoms with van der Waals surface area (Å²) in [6.45, 7) is 0. The van der Waals surface area contributed by atoms with Crippen molar-refractivity contribution in [1.82, 2.24) is 0 Å². The number of nitrogens with zero attached hydrogens (tertiary/aromatic N) is 1. The van der Waals surface area contributed by atoms with Crippen LogP contribution in [0.25, 0.3) is 0 Å². The van der Waals surface area contributed by atoms with Crippen molar-refractivity contribution in [3.8, 4) is 11.5 Å². The van der Waals surface area contributed by atoms with Gasteiger partial charge in [0, 0.05) is 11.4 Å². The maximum Gasteiger partial charge on any atom is 0.573 e. The Morgan fingerprint density at radius 3 is 1.62 bits per heavy atom. The summed E-state index contributed by atoms with van der Waals surface area (Å²) in [6.07, 6.45) is -13.1. The van der Waals surface area contributed by atoms with E-state index in [2.05, 4.69) is 14.8 Å². The van der Waals surface area contributed by atoms with Crippen molar-refractivity contribution in [2.75, 3.05) is 10.2 Å². The summed E-state index contributed by atoms with van der Waals surface area (Å²) < 4.78 is 121. The first-order valence-corrected chi connectivity index (χ1v) is 10.8. The van der Waals surface area contributed by atoms with Crippen molar-refractivity contribution in [1.29, 1.82) is 0 Å². The number of halogens is 9. The molecule has 39 heavy (non-hydrogen) atoms. The number of nitrogens with one attached hydrogen (secondary N) is 1. The predicted octanol–water partition coefficient (Wildman–Crippen LogP) is 7.59. The van der Waals surface area contributed by atoms with E-state index in [0.29, 0.717) is 0 Å². The summed E-state index contributed by atoms with van der Waals surface area (Å²) in [5.41, 5.74) is -0.482. The Bertz CT molecular complexity index is 1350. The molecular weight excluding hydrogens is 547 g/mol. The number of amides is 1. The molecule has 0 saturated heterocycles. The highest BCUT2D eigenvalue weighted by molar-refractivity contribution is 6.11. The standard InChI is InChI=1S/C25H15F9N2O3/c26-23(27,28)15-3-1-14(2-4-15)21-13-20(35-16-5-9-18(10-6-16)38-24(29,30)31)22(37)36(21)17-7-11-19(12-8-17)39-25(32,33)34/h1-13,21,35H/t21-/m1/s1. The molecule has 0 bridgehead atoms. The summed E-state index contributed by atoms with van der Waals surface area (Å²) in [5, 5.41) is 2.74. The fourth-order valence-electron chi connectivity index (χ4n) is 3.75. The van der Waals surface area contributed by atoms with Crippen molar-refractivity contribution in [3.63, 3.8) is 0 Å². The number of carbonyl (C=O) groups excluding carboxylic acids is 1. The van der Waals surface area contributed by atoms with Crippen LogP contribution < -0.4 is 19.7 Å². The van der Waals surface area contributed by atoms with Crippen LogP contribution in [0.3, 0.4) is 0 Å². The van der Waals surface area contributed by atoms with Crippen molar-refractivity contribution in [2.24, 2.45) is 0 Å². The van der Waals surface area contributed by atoms with Gasteiger partial charge in [-0.3, -0.25) is 9.69 Å². The zero-order valence-electron chi connectivity index (χ0n) is 19.2. The molecule has 3 aromatic carbocycles. The van der Waals surface area contributed by atoms with Gasteiger partial charge in [0.05, 0.1) is 11.6 Å². The second kappa shape index (κ2) is 10.1. The van der Waals surface area contributed by atoms with E-state index in [1.807, 2.05) is 0 Å². The third-order valence-corrected chi connectivity index (χ3v) is 5.35. The summed E-state index contributed by atoms with van der Waals surface area (Å²) >= 11 is 0. The number of ether oxygens (including phenoxy) is 2. The van der Waals surface area contributed by atoms with E-state index < -0.39 is 47.9 Å². The lowest BCUT2D eigenvalue weighted by Crippen LogP contribution is -2.30. The van der Waals surface area contributed by atoms with Crippen LogP contribution in [0.5, 0.6) is 11.5 Å². The molecule has 0 saturated carbocycles. The first kappa shape index (κ1) is 27.7. The van der Waals surface area contributed by atoms with Gasteiger partial charge in [-0.15, -0.1) is 26.3 Å². The molecule has 1 atom stereocenters. The molecule has 1 aliphatic heterocycles. The highest BCUT2D eigenvalue weighted by Gasteiger charge is 2.37. The highest BCUT2D eigenvalue weighted by atomic mass is 19.4. The number of rotatable bonds is 6. The van der Waals surface area contributed by atoms with E-state index in [-0.39, 0.29) is 22.6 Å². The second-order valence-electron chi connectivity index (χ2n) is 8.06. The van der Waals surface area contributed by atoms with Gasteiger partial charge in [0.1, 0.15) is 17.2 Å². The number of hydrogen-bond donors (Lipinski definition) is 1. The zero-order valence-corrected chi connectivity index (χ0v) is 19.2. The molecule has 0 spiro atoms. The highest BCUT2D eigenvalue weighted by Crippen LogP contribution is 2.39. The van der Waals surface area contributed by atoms with Gasteiger partial charge in [0.25, 0.3) is 5.91 Å². The average molecular weight is 562 g/mol. The molecular formula is C25H15F9N2O3. The molecule has 0 aliphatic carbocycles. The summed E-state index contributed by atoms with van der Waals surface area (Å²) in [7, 11) is 0. The number of anilines is 2. The van der Waals surface area contributed by atoms with Gasteiger partial charge >= 0.3 is 18.9 Å². The lowest BCUT2D eigenvalue weighted by Gasteiger charge is -2.26. The van der Waals surface area contributed by atoms with Crippen molar-refractivity contribution in [2.45, 2.75) is 24.9 Å². The molecule has 4 rings (SSSR count). The minimum Gasteiger partial charge on any atom is -0.406 e. The summed E-state index contributed by atoms with van der Waals surface area (Å²) in [4.78, 5) is 14.4. The van der Waals surface area contributed by atoms with Gasteiger partial charge in [0.15, 0.2) is 0 Å². The van der Waals surface area contributed by atoms with Gasteiger partial charge in [-0.2, -0.15) is 13.2 Å². The van der Waals surface area contributed by atoms with Crippen LogP contribution in [0.4, 0.5) is 50.9 Å². The van der Waals surface area contributed by atoms with Gasteiger partial charge in [0.2, 0.25) is 0 Å². The van der Waals surface area contributed by atoms with E-state index >= 15 is 0 Å². The topological polar surface area (TPSA) is 50.8 Å². The first-order chi connectivity index (χ1) is 18.1. The van der Waals surface area contributed by atoms with Crippen LogP contribution in [0.2, 0.25) is 0 Å². The molecule has 0 aromatic heterocycles. The maximum absolute atomic E-state index is 13.3. The molecule has 0 fully saturated rings. The Morgan fingerprint density at radius 1 is 0.667 bits per heavy atom. The second-order valence-corrected chi connectivity index (χ2v) is 8.06. The number of alkyl halides is 9. The molecule has 1 heterocycles. The molecule has 206 valence electrons. The fourth-order valence-corrected chi connectivity index (χ4v) is 3.75. The van der Waals surface area contributed by atoms with Crippen molar-refractivity contribution < 1.29 is 53.8 Å². The maximum atomic E-state index is 13.3. The Morgan fingerprint density at radius 2 is 1.15 bits per heavy atom. The monoisotopic (exact) mass is 562 g/mol. The van der Waals surface area contributed by atoms with Crippen molar-refractivity contribution in [3.05, 3.63) is 95.7 Å². The third kappa shape index (κ3) is 6.94. The van der Waals surface area contributed by atoms with Gasteiger partial charge in [-0.25, -0.2) is 0 Å². The zero-order chi connectivity index (χ0) is 28.6. The minimum atomic E-state index is -4.95. The Hall–Kier alpha value is -4.36. The van der Waals surface area contributed by atoms with E-state index in [1.54, 1.807) is 0 Å². The van der Waals surface area contributed by atoms with E-state index in [9.17, 15) is 44.3 Å². The smallest absolute Gasteiger partial charge is 0.406 e. The molecule has 3 aromatic rings. The third-order valence-electron chi connectivity index (χ3n) is 5.35. The molecule has 0 radical (unpaired) electrons. The van der Waals surface area contributed by atoms with Crippen LogP contribution in [-0.4, -0.2) is 18.6 Å². The van der Waals surface area contributed by atoms with Crippen molar-refractivity contribution >= 4 is 17.3 Å². The van der Waals surface area contributed by atoms with Gasteiger partial charge in [-0.1, -0.05) is 12.1 Å². The number of hydrogen-bond acceptors (Lipinski definition) is 4. The number of carbonyl (C=O) groups is 1. The Labute approximate surface area is 214 Å². The average Bonchev–Trinajstić information content (AvgIpc) is 3.14. The molecule has 0 unspecified atom stereocenters. The molecule has 5 nitrogen and oxygen atoms in total. The normalized spacial score (nSPS) is 16.2. The quantitative estimate of drug-likeness (QED) is 0.315. The Kier molecular flexibility index (Phi) is 7.15. The largest absolute Gasteiger partial charge is 0.573 e. The lowest BCUT2D eigenvalue weighted by atomic mass is 10.0. The van der Waals surface area contributed by atoms with Crippen LogP contribution >= 0.6 is 0 Å². The molecule has 1 N–H and O–H groups in total. The van der Waals surface area contributed by atoms with Crippen LogP contribution in [0.1, 0.15) is 17.2 Å². The van der Waals surface area contributed by atoms with E-state index in [1.165, 1.54) is 18.2 Å².